The maximum atomic E-state index is 12.8. The number of hydrogen-bond acceptors (Lipinski definition) is 6. The summed E-state index contributed by atoms with van der Waals surface area (Å²) in [5.74, 6) is -0.919. The van der Waals surface area contributed by atoms with Crippen molar-refractivity contribution in [2.45, 2.75) is 63.3 Å². The number of fused-ring (bicyclic) bond motifs is 1. The first-order chi connectivity index (χ1) is 14.8. The Hall–Kier alpha value is -2.00. The maximum Gasteiger partial charge on any atom is 0.245 e. The van der Waals surface area contributed by atoms with Gasteiger partial charge in [0.2, 0.25) is 11.8 Å². The second-order valence-corrected chi connectivity index (χ2v) is 9.15. The molecule has 0 saturated carbocycles. The summed E-state index contributed by atoms with van der Waals surface area (Å²) in [6.45, 7) is 3.24. The molecule has 5 atom stereocenters. The lowest BCUT2D eigenvalue weighted by molar-refractivity contribution is -0.133. The summed E-state index contributed by atoms with van der Waals surface area (Å²) in [5, 5.41) is 35.4. The lowest BCUT2D eigenvalue weighted by Gasteiger charge is -2.31. The number of benzene rings is 1. The summed E-state index contributed by atoms with van der Waals surface area (Å²) in [5.41, 5.74) is 1.33. The van der Waals surface area contributed by atoms with Gasteiger partial charge in [-0.25, -0.2) is 0 Å². The van der Waals surface area contributed by atoms with Gasteiger partial charge in [-0.15, -0.1) is 0 Å². The fourth-order valence-electron chi connectivity index (χ4n) is 4.28. The van der Waals surface area contributed by atoms with Gasteiger partial charge in [-0.2, -0.15) is 0 Å². The van der Waals surface area contributed by atoms with E-state index in [0.717, 1.165) is 12.0 Å². The number of nitrogens with one attached hydrogen (secondary N) is 2. The Balaban J connectivity index is 1.61. The van der Waals surface area contributed by atoms with Gasteiger partial charge in [0, 0.05) is 5.92 Å². The molecule has 8 nitrogen and oxygen atoms in total. The molecule has 0 bridgehead atoms. The minimum atomic E-state index is -1.11. The van der Waals surface area contributed by atoms with E-state index in [1.165, 1.54) is 5.56 Å². The van der Waals surface area contributed by atoms with E-state index in [4.69, 9.17) is 4.74 Å². The van der Waals surface area contributed by atoms with Crippen LogP contribution in [0.5, 0.6) is 0 Å². The van der Waals surface area contributed by atoms with Crippen molar-refractivity contribution in [2.24, 2.45) is 11.8 Å². The first-order valence-electron chi connectivity index (χ1n) is 11.0. The van der Waals surface area contributed by atoms with Crippen LogP contribution in [0.4, 0.5) is 0 Å². The SMILES string of the molecule is CC(C)CC(NC(=O)[C@H](CO)NC(=O)C1CCc2ccccc2C1)C(O)C1(CO)CO1. The molecule has 2 amide bonds. The number of hydrogen-bond donors (Lipinski definition) is 5. The molecule has 0 aromatic heterocycles. The number of epoxide rings is 1. The van der Waals surface area contributed by atoms with Gasteiger partial charge in [0.1, 0.15) is 17.7 Å². The number of carbonyl (C=O) groups is 2. The highest BCUT2D eigenvalue weighted by molar-refractivity contribution is 5.89. The highest BCUT2D eigenvalue weighted by atomic mass is 16.6. The quantitative estimate of drug-likeness (QED) is 0.328. The molecule has 0 radical (unpaired) electrons. The zero-order chi connectivity index (χ0) is 22.6. The van der Waals surface area contributed by atoms with Crippen molar-refractivity contribution >= 4 is 11.8 Å². The monoisotopic (exact) mass is 434 g/mol. The molecule has 3 rings (SSSR count). The van der Waals surface area contributed by atoms with E-state index >= 15 is 0 Å². The third-order valence-electron chi connectivity index (χ3n) is 6.29. The summed E-state index contributed by atoms with van der Waals surface area (Å²) in [7, 11) is 0. The van der Waals surface area contributed by atoms with Gasteiger partial charge in [0.25, 0.3) is 0 Å². The lowest BCUT2D eigenvalue weighted by atomic mass is 9.83. The van der Waals surface area contributed by atoms with Crippen LogP contribution in [-0.2, 0) is 27.2 Å². The van der Waals surface area contributed by atoms with Gasteiger partial charge in [-0.05, 0) is 42.7 Å². The Morgan fingerprint density at radius 2 is 1.87 bits per heavy atom. The highest BCUT2D eigenvalue weighted by Crippen LogP contribution is 2.33. The van der Waals surface area contributed by atoms with Crippen molar-refractivity contribution in [1.29, 1.82) is 0 Å². The van der Waals surface area contributed by atoms with Crippen LogP contribution in [0.25, 0.3) is 0 Å². The molecule has 1 aromatic rings. The third-order valence-corrected chi connectivity index (χ3v) is 6.29. The normalized spacial score (nSPS) is 25.3. The fraction of sp³-hybridized carbons (Fsp3) is 0.652. The molecule has 1 aliphatic heterocycles. The summed E-state index contributed by atoms with van der Waals surface area (Å²) < 4.78 is 5.24. The summed E-state index contributed by atoms with van der Waals surface area (Å²) in [6.07, 6.45) is 1.47. The molecule has 5 N–H and O–H groups in total. The molecular weight excluding hydrogens is 400 g/mol. The average molecular weight is 435 g/mol. The van der Waals surface area contributed by atoms with E-state index in [1.54, 1.807) is 0 Å². The van der Waals surface area contributed by atoms with Crippen molar-refractivity contribution < 1.29 is 29.6 Å². The Labute approximate surface area is 183 Å². The van der Waals surface area contributed by atoms with Gasteiger partial charge >= 0.3 is 0 Å². The molecule has 1 saturated heterocycles. The number of ether oxygens (including phenoxy) is 1. The number of aryl methyl sites for hydroxylation is 1. The Morgan fingerprint density at radius 1 is 1.19 bits per heavy atom. The van der Waals surface area contributed by atoms with Crippen LogP contribution in [0.15, 0.2) is 24.3 Å². The molecule has 172 valence electrons. The number of carbonyl (C=O) groups excluding carboxylic acids is 2. The van der Waals surface area contributed by atoms with Crippen molar-refractivity contribution in [1.82, 2.24) is 10.6 Å². The number of aliphatic hydroxyl groups excluding tert-OH is 3. The van der Waals surface area contributed by atoms with E-state index in [9.17, 15) is 24.9 Å². The zero-order valence-electron chi connectivity index (χ0n) is 18.2. The average Bonchev–Trinajstić information content (AvgIpc) is 3.56. The van der Waals surface area contributed by atoms with Crippen molar-refractivity contribution in [2.75, 3.05) is 19.8 Å². The Kier molecular flexibility index (Phi) is 7.69. The highest BCUT2D eigenvalue weighted by Gasteiger charge is 2.54. The summed E-state index contributed by atoms with van der Waals surface area (Å²) >= 11 is 0. The van der Waals surface area contributed by atoms with E-state index in [1.807, 2.05) is 32.0 Å². The van der Waals surface area contributed by atoms with Crippen LogP contribution < -0.4 is 10.6 Å². The molecule has 8 heteroatoms. The largest absolute Gasteiger partial charge is 0.394 e. The van der Waals surface area contributed by atoms with Crippen LogP contribution >= 0.6 is 0 Å². The molecule has 1 fully saturated rings. The number of aliphatic hydroxyl groups is 3. The van der Waals surface area contributed by atoms with Gasteiger partial charge < -0.3 is 30.7 Å². The minimum Gasteiger partial charge on any atom is -0.394 e. The van der Waals surface area contributed by atoms with Crippen molar-refractivity contribution in [3.8, 4) is 0 Å². The van der Waals surface area contributed by atoms with E-state index < -0.39 is 36.3 Å². The van der Waals surface area contributed by atoms with Crippen LogP contribution in [0.3, 0.4) is 0 Å². The number of rotatable bonds is 10. The third kappa shape index (κ3) is 5.63. The molecule has 4 unspecified atom stereocenters. The fourth-order valence-corrected chi connectivity index (χ4v) is 4.28. The molecule has 1 aromatic carbocycles. The standard InChI is InChI=1S/C23H34N2O6/c1-14(2)9-18(20(28)23(12-27)13-31-23)24-22(30)19(11-26)25-21(29)17-8-7-15-5-3-4-6-16(15)10-17/h3-6,14,17-20,26-28H,7-13H2,1-2H3,(H,24,30)(H,25,29)/t17?,18?,19-,20?,23?/m0/s1. The molecule has 1 heterocycles. The minimum absolute atomic E-state index is 0.166. The molecule has 2 aliphatic rings. The van der Waals surface area contributed by atoms with Gasteiger partial charge in [0.05, 0.1) is 25.9 Å². The van der Waals surface area contributed by atoms with Crippen molar-refractivity contribution in [3.05, 3.63) is 35.4 Å². The van der Waals surface area contributed by atoms with Gasteiger partial charge in [-0.3, -0.25) is 9.59 Å². The lowest BCUT2D eigenvalue weighted by Crippen LogP contribution is -2.58. The molecule has 0 spiro atoms. The van der Waals surface area contributed by atoms with Crippen LogP contribution in [0.2, 0.25) is 0 Å². The molecule has 31 heavy (non-hydrogen) atoms. The topological polar surface area (TPSA) is 131 Å². The predicted octanol–water partition coefficient (Wildman–Crippen LogP) is -0.0783. The Morgan fingerprint density at radius 3 is 2.45 bits per heavy atom. The van der Waals surface area contributed by atoms with Gasteiger partial charge in [-0.1, -0.05) is 38.1 Å². The smallest absolute Gasteiger partial charge is 0.245 e. The van der Waals surface area contributed by atoms with Crippen LogP contribution in [-0.4, -0.2) is 70.7 Å². The molecule has 1 aliphatic carbocycles. The van der Waals surface area contributed by atoms with Gasteiger partial charge in [0.15, 0.2) is 0 Å². The van der Waals surface area contributed by atoms with Crippen LogP contribution in [0, 0.1) is 11.8 Å². The Bertz CT molecular complexity index is 779. The van der Waals surface area contributed by atoms with E-state index in [2.05, 4.69) is 16.7 Å². The first-order valence-corrected chi connectivity index (χ1v) is 11.0. The van der Waals surface area contributed by atoms with E-state index in [-0.39, 0.29) is 31.0 Å². The van der Waals surface area contributed by atoms with Crippen molar-refractivity contribution in [3.63, 3.8) is 0 Å². The number of amides is 2. The maximum absolute atomic E-state index is 12.8. The van der Waals surface area contributed by atoms with Crippen LogP contribution in [0.1, 0.15) is 37.8 Å². The second kappa shape index (κ2) is 10.1. The predicted molar refractivity (Wildman–Crippen MR) is 114 cm³/mol. The summed E-state index contributed by atoms with van der Waals surface area (Å²) in [6, 6.07) is 6.23. The zero-order valence-corrected chi connectivity index (χ0v) is 18.2. The van der Waals surface area contributed by atoms with E-state index in [0.29, 0.717) is 19.3 Å². The summed E-state index contributed by atoms with van der Waals surface area (Å²) in [4.78, 5) is 25.6. The molecular formula is C23H34N2O6. The first kappa shape index (κ1) is 23.7. The second-order valence-electron chi connectivity index (χ2n) is 9.15.